The Labute approximate surface area is 82.8 Å². The van der Waals surface area contributed by atoms with E-state index < -0.39 is 6.04 Å². The number of nitrogens with two attached hydrogens (primary N) is 1. The lowest BCUT2D eigenvalue weighted by molar-refractivity contribution is -0.170. The summed E-state index contributed by atoms with van der Waals surface area (Å²) in [6, 6.07) is 1.54. The van der Waals surface area contributed by atoms with Crippen molar-refractivity contribution in [2.24, 2.45) is 5.73 Å². The fraction of sp³-hybridized carbons (Fsp3) is 0.714. The molecule has 0 aliphatic carbocycles. The van der Waals surface area contributed by atoms with Gasteiger partial charge in [-0.2, -0.15) is 5.26 Å². The molecule has 1 aliphatic heterocycles. The largest absolute Gasteiger partial charge is 0.427 e. The summed E-state index contributed by atoms with van der Waals surface area (Å²) >= 11 is 0. The molecule has 7 heteroatoms. The molecular weight excluding hydrogens is 185 g/mol. The second-order valence-electron chi connectivity index (χ2n) is 2.81. The summed E-state index contributed by atoms with van der Waals surface area (Å²) in [5, 5.41) is 9.81. The Morgan fingerprint density at radius 3 is 3.29 bits per heavy atom. The maximum absolute atomic E-state index is 11.4. The van der Waals surface area contributed by atoms with Crippen molar-refractivity contribution in [3.05, 3.63) is 0 Å². The molecule has 1 fully saturated rings. The minimum absolute atomic E-state index is 0.0931. The SMILES string of the molecule is N#CC1CCON1C(=O)CBOCN. The van der Waals surface area contributed by atoms with Gasteiger partial charge in [-0.15, -0.1) is 0 Å². The van der Waals surface area contributed by atoms with E-state index in [1.807, 2.05) is 6.07 Å². The zero-order chi connectivity index (χ0) is 10.4. The summed E-state index contributed by atoms with van der Waals surface area (Å²) in [5.41, 5.74) is 5.09. The van der Waals surface area contributed by atoms with E-state index in [0.29, 0.717) is 13.0 Å². The normalized spacial score (nSPS) is 20.6. The first-order valence-corrected chi connectivity index (χ1v) is 4.42. The van der Waals surface area contributed by atoms with Crippen LogP contribution >= 0.6 is 0 Å². The number of hydrogen-bond acceptors (Lipinski definition) is 5. The van der Waals surface area contributed by atoms with Crippen LogP contribution in [0.1, 0.15) is 6.42 Å². The van der Waals surface area contributed by atoms with Gasteiger partial charge < -0.3 is 10.4 Å². The first-order valence-electron chi connectivity index (χ1n) is 4.42. The van der Waals surface area contributed by atoms with Gasteiger partial charge in [-0.3, -0.25) is 9.63 Å². The predicted molar refractivity (Wildman–Crippen MR) is 48.9 cm³/mol. The van der Waals surface area contributed by atoms with Crippen LogP contribution < -0.4 is 5.73 Å². The molecular formula is C7H12BN3O3. The molecule has 1 heterocycles. The lowest BCUT2D eigenvalue weighted by atomic mass is 9.94. The van der Waals surface area contributed by atoms with Crippen LogP contribution in [0, 0.1) is 11.3 Å². The molecule has 0 aromatic rings. The van der Waals surface area contributed by atoms with Crippen LogP contribution in [0.4, 0.5) is 0 Å². The van der Waals surface area contributed by atoms with Crippen LogP contribution in [0.15, 0.2) is 0 Å². The van der Waals surface area contributed by atoms with E-state index in [2.05, 4.69) is 0 Å². The lowest BCUT2D eigenvalue weighted by Gasteiger charge is -2.16. The van der Waals surface area contributed by atoms with Crippen LogP contribution in [-0.2, 0) is 14.3 Å². The Balaban J connectivity index is 2.33. The summed E-state index contributed by atoms with van der Waals surface area (Å²) in [6.45, 7) is 0.511. The maximum atomic E-state index is 11.4. The molecule has 1 saturated heterocycles. The van der Waals surface area contributed by atoms with E-state index in [9.17, 15) is 4.79 Å². The van der Waals surface area contributed by atoms with E-state index in [1.54, 1.807) is 0 Å². The van der Waals surface area contributed by atoms with E-state index in [4.69, 9.17) is 20.5 Å². The van der Waals surface area contributed by atoms with Crippen molar-refractivity contribution in [1.82, 2.24) is 5.06 Å². The molecule has 0 aromatic heterocycles. The molecule has 1 aliphatic rings. The first-order chi connectivity index (χ1) is 6.79. The van der Waals surface area contributed by atoms with E-state index >= 15 is 0 Å². The van der Waals surface area contributed by atoms with Gasteiger partial charge in [0, 0.05) is 12.7 Å². The van der Waals surface area contributed by atoms with E-state index in [0.717, 1.165) is 5.06 Å². The summed E-state index contributed by atoms with van der Waals surface area (Å²) in [7, 11) is 0.257. The highest BCUT2D eigenvalue weighted by atomic mass is 16.7. The number of nitriles is 1. The molecule has 1 amide bonds. The molecule has 0 saturated carbocycles. The number of hydroxylamine groups is 2. The third kappa shape index (κ3) is 2.70. The quantitative estimate of drug-likeness (QED) is 0.345. The van der Waals surface area contributed by atoms with Crippen molar-refractivity contribution in [3.8, 4) is 6.07 Å². The summed E-state index contributed by atoms with van der Waals surface area (Å²) < 4.78 is 4.82. The van der Waals surface area contributed by atoms with Crippen molar-refractivity contribution in [3.63, 3.8) is 0 Å². The Morgan fingerprint density at radius 1 is 1.86 bits per heavy atom. The highest BCUT2D eigenvalue weighted by Gasteiger charge is 2.29. The molecule has 14 heavy (non-hydrogen) atoms. The number of carbonyl (C=O) groups is 1. The first kappa shape index (κ1) is 11.0. The highest BCUT2D eigenvalue weighted by Crippen LogP contribution is 2.14. The molecule has 2 N–H and O–H groups in total. The van der Waals surface area contributed by atoms with E-state index in [1.165, 1.54) is 0 Å². The second kappa shape index (κ2) is 5.60. The molecule has 0 radical (unpaired) electrons. The fourth-order valence-electron chi connectivity index (χ4n) is 1.19. The Morgan fingerprint density at radius 2 is 2.64 bits per heavy atom. The number of hydrogen-bond donors (Lipinski definition) is 1. The molecule has 0 bridgehead atoms. The number of rotatable bonds is 4. The van der Waals surface area contributed by atoms with Crippen molar-refractivity contribution < 1.29 is 14.3 Å². The average molecular weight is 197 g/mol. The van der Waals surface area contributed by atoms with E-state index in [-0.39, 0.29) is 26.4 Å². The predicted octanol–water partition coefficient (Wildman–Crippen LogP) is -1.25. The molecule has 6 nitrogen and oxygen atoms in total. The van der Waals surface area contributed by atoms with Crippen molar-refractivity contribution in [2.75, 3.05) is 13.3 Å². The van der Waals surface area contributed by atoms with Crippen LogP contribution in [0.2, 0.25) is 6.32 Å². The minimum atomic E-state index is -0.458. The van der Waals surface area contributed by atoms with Crippen LogP contribution in [0.3, 0.4) is 0 Å². The number of carbonyl (C=O) groups excluding carboxylic acids is 1. The monoisotopic (exact) mass is 197 g/mol. The van der Waals surface area contributed by atoms with Crippen LogP contribution in [-0.4, -0.2) is 37.8 Å². The molecule has 1 rings (SSSR count). The third-order valence-corrected chi connectivity index (χ3v) is 1.88. The zero-order valence-electron chi connectivity index (χ0n) is 7.81. The Kier molecular flexibility index (Phi) is 4.39. The fourth-order valence-corrected chi connectivity index (χ4v) is 1.19. The van der Waals surface area contributed by atoms with Crippen LogP contribution in [0.5, 0.6) is 0 Å². The Hall–Kier alpha value is -1.10. The van der Waals surface area contributed by atoms with Gasteiger partial charge in [-0.05, 0) is 0 Å². The zero-order valence-corrected chi connectivity index (χ0v) is 7.81. The van der Waals surface area contributed by atoms with Gasteiger partial charge in [0.05, 0.1) is 19.4 Å². The lowest BCUT2D eigenvalue weighted by Crippen LogP contribution is -2.34. The van der Waals surface area contributed by atoms with Gasteiger partial charge in [0.15, 0.2) is 0 Å². The van der Waals surface area contributed by atoms with Gasteiger partial charge in [-0.25, -0.2) is 5.06 Å². The third-order valence-electron chi connectivity index (χ3n) is 1.88. The molecule has 1 unspecified atom stereocenters. The van der Waals surface area contributed by atoms with Crippen LogP contribution in [0.25, 0.3) is 0 Å². The second-order valence-corrected chi connectivity index (χ2v) is 2.81. The topological polar surface area (TPSA) is 88.6 Å². The molecule has 76 valence electrons. The van der Waals surface area contributed by atoms with Crippen molar-refractivity contribution in [2.45, 2.75) is 18.8 Å². The summed E-state index contributed by atoms with van der Waals surface area (Å²) in [4.78, 5) is 16.4. The Bertz CT molecular complexity index is 243. The van der Waals surface area contributed by atoms with Crippen molar-refractivity contribution >= 4 is 13.4 Å². The van der Waals surface area contributed by atoms with Gasteiger partial charge in [0.25, 0.3) is 7.48 Å². The van der Waals surface area contributed by atoms with Gasteiger partial charge in [0.1, 0.15) is 6.04 Å². The standard InChI is InChI=1S/C7H12BN3O3/c9-4-6-1-2-14-11(6)7(12)3-8-13-5-10/h6,8H,1-3,5,10H2. The molecule has 0 aromatic carbocycles. The summed E-state index contributed by atoms with van der Waals surface area (Å²) in [5.74, 6) is -0.234. The molecule has 0 spiro atoms. The van der Waals surface area contributed by atoms with Gasteiger partial charge >= 0.3 is 0 Å². The number of amides is 1. The van der Waals surface area contributed by atoms with Crippen molar-refractivity contribution in [1.29, 1.82) is 5.26 Å². The van der Waals surface area contributed by atoms with Gasteiger partial charge in [-0.1, -0.05) is 0 Å². The highest BCUT2D eigenvalue weighted by molar-refractivity contribution is 6.34. The molecule has 1 atom stereocenters. The average Bonchev–Trinajstić information content (AvgIpc) is 2.65. The maximum Gasteiger partial charge on any atom is 0.286 e. The van der Waals surface area contributed by atoms with Gasteiger partial charge in [0.2, 0.25) is 5.91 Å². The smallest absolute Gasteiger partial charge is 0.286 e. The summed E-state index contributed by atoms with van der Waals surface area (Å²) in [6.07, 6.45) is 0.759. The minimum Gasteiger partial charge on any atom is -0.427 e. The number of nitrogens with zero attached hydrogens (tertiary/aromatic N) is 2.